The van der Waals surface area contributed by atoms with Crippen LogP contribution in [0.5, 0.6) is 5.75 Å². The maximum Gasteiger partial charge on any atom is 0.311 e. The molecule has 0 heterocycles. The number of fused-ring (bicyclic) bond motifs is 1. The number of benzene rings is 3. The Bertz CT molecular complexity index is 1550. The van der Waals surface area contributed by atoms with E-state index in [4.69, 9.17) is 33.0 Å². The highest BCUT2D eigenvalue weighted by Gasteiger charge is 2.36. The Morgan fingerprint density at radius 3 is 2.30 bits per heavy atom. The summed E-state index contributed by atoms with van der Waals surface area (Å²) in [7, 11) is 1.87. The molecule has 0 unspecified atom stereocenters. The van der Waals surface area contributed by atoms with Crippen molar-refractivity contribution in [3.05, 3.63) is 98.0 Å². The van der Waals surface area contributed by atoms with Crippen molar-refractivity contribution in [2.75, 3.05) is 7.05 Å². The highest BCUT2D eigenvalue weighted by Crippen LogP contribution is 2.45. The maximum absolute atomic E-state index is 14.0. The summed E-state index contributed by atoms with van der Waals surface area (Å²) < 4.78 is 5.85. The van der Waals surface area contributed by atoms with E-state index in [0.717, 1.165) is 40.7 Å². The van der Waals surface area contributed by atoms with Crippen molar-refractivity contribution in [3.8, 4) is 5.75 Å². The minimum absolute atomic E-state index is 0.00807. The van der Waals surface area contributed by atoms with Gasteiger partial charge in [-0.3, -0.25) is 14.4 Å². The van der Waals surface area contributed by atoms with Crippen LogP contribution in [0.4, 0.5) is 0 Å². The molecule has 2 atom stereocenters. The lowest BCUT2D eigenvalue weighted by Crippen LogP contribution is -2.37. The molecule has 0 saturated carbocycles. The summed E-state index contributed by atoms with van der Waals surface area (Å²) in [6, 6.07) is 17.9. The van der Waals surface area contributed by atoms with Crippen molar-refractivity contribution in [3.63, 3.8) is 0 Å². The van der Waals surface area contributed by atoms with Gasteiger partial charge in [0.15, 0.2) is 0 Å². The van der Waals surface area contributed by atoms with E-state index in [2.05, 4.69) is 12.1 Å². The Morgan fingerprint density at radius 2 is 1.61 bits per heavy atom. The van der Waals surface area contributed by atoms with E-state index < -0.39 is 17.4 Å². The van der Waals surface area contributed by atoms with Gasteiger partial charge < -0.3 is 14.7 Å². The number of hydrogen-bond acceptors (Lipinski definition) is 4. The van der Waals surface area contributed by atoms with Crippen molar-refractivity contribution < 1.29 is 24.2 Å². The lowest BCUT2D eigenvalue weighted by atomic mass is 9.75. The number of nitrogens with zero attached hydrogens (tertiary/aromatic N) is 1. The molecule has 4 rings (SSSR count). The van der Waals surface area contributed by atoms with E-state index in [9.17, 15) is 14.4 Å². The van der Waals surface area contributed by atoms with Gasteiger partial charge in [-0.15, -0.1) is 0 Å². The second-order valence-electron chi connectivity index (χ2n) is 12.5. The fourth-order valence-electron chi connectivity index (χ4n) is 6.61. The largest absolute Gasteiger partial charge is 0.481 e. The number of carboxylic acids is 1. The van der Waals surface area contributed by atoms with E-state index in [0.29, 0.717) is 28.6 Å². The van der Waals surface area contributed by atoms with E-state index in [1.54, 1.807) is 0 Å². The Kier molecular flexibility index (Phi) is 10.8. The second kappa shape index (κ2) is 14.2. The third-order valence-corrected chi connectivity index (χ3v) is 9.36. The van der Waals surface area contributed by atoms with Crippen molar-refractivity contribution >= 4 is 41.0 Å². The molecule has 44 heavy (non-hydrogen) atoms. The van der Waals surface area contributed by atoms with Crippen LogP contribution >= 0.6 is 23.2 Å². The van der Waals surface area contributed by atoms with Gasteiger partial charge in [-0.25, -0.2) is 0 Å². The van der Waals surface area contributed by atoms with Crippen LogP contribution in [0.3, 0.4) is 0 Å². The molecule has 0 fully saturated rings. The van der Waals surface area contributed by atoms with Crippen LogP contribution in [0, 0.1) is 13.8 Å². The van der Waals surface area contributed by atoms with Crippen molar-refractivity contribution in [2.24, 2.45) is 0 Å². The van der Waals surface area contributed by atoms with E-state index in [1.807, 2.05) is 82.1 Å². The first-order valence-electron chi connectivity index (χ1n) is 15.1. The van der Waals surface area contributed by atoms with Gasteiger partial charge in [0.05, 0.1) is 16.1 Å². The quantitative estimate of drug-likeness (QED) is 0.129. The SMILES string of the molecule is Cc1cc(C)c(C(C)(C)CC(=O)N(C)[C@H]2CC[C@@H](c3ccc(Cl)c(Cl)c3)c3ccccc32)c(OC(=O)CCCCC(=O)O)c1. The number of ether oxygens (including phenoxy) is 1. The molecule has 3 aromatic carbocycles. The zero-order valence-electron chi connectivity index (χ0n) is 26.1. The minimum Gasteiger partial charge on any atom is -0.481 e. The highest BCUT2D eigenvalue weighted by molar-refractivity contribution is 6.42. The van der Waals surface area contributed by atoms with Gasteiger partial charge in [-0.05, 0) is 85.5 Å². The summed E-state index contributed by atoms with van der Waals surface area (Å²) in [6.45, 7) is 7.94. The minimum atomic E-state index is -0.880. The molecule has 0 aliphatic heterocycles. The lowest BCUT2D eigenvalue weighted by molar-refractivity contribution is -0.138. The molecule has 234 valence electrons. The molecule has 1 aliphatic rings. The van der Waals surface area contributed by atoms with Gasteiger partial charge >= 0.3 is 11.9 Å². The smallest absolute Gasteiger partial charge is 0.311 e. The number of carboxylic acid groups (broad SMARTS) is 1. The number of carbonyl (C=O) groups is 3. The number of hydrogen-bond donors (Lipinski definition) is 1. The van der Waals surface area contributed by atoms with Gasteiger partial charge in [0.25, 0.3) is 0 Å². The average Bonchev–Trinajstić information content (AvgIpc) is 2.95. The Morgan fingerprint density at radius 1 is 0.932 bits per heavy atom. The Balaban J connectivity index is 1.53. The summed E-state index contributed by atoms with van der Waals surface area (Å²) in [6.07, 6.45) is 2.90. The summed E-state index contributed by atoms with van der Waals surface area (Å²) in [5.74, 6) is -0.660. The van der Waals surface area contributed by atoms with Crippen LogP contribution in [0.15, 0.2) is 54.6 Å². The van der Waals surface area contributed by atoms with Crippen LogP contribution in [0.25, 0.3) is 0 Å². The molecule has 0 aromatic heterocycles. The number of rotatable bonds is 11. The average molecular weight is 639 g/mol. The molecule has 0 radical (unpaired) electrons. The molecule has 3 aromatic rings. The van der Waals surface area contributed by atoms with Crippen LogP contribution in [0.1, 0.15) is 104 Å². The molecule has 6 nitrogen and oxygen atoms in total. The first kappa shape index (κ1) is 33.5. The number of carbonyl (C=O) groups excluding carboxylic acids is 2. The van der Waals surface area contributed by atoms with Gasteiger partial charge in [-0.1, -0.05) is 73.4 Å². The van der Waals surface area contributed by atoms with E-state index in [-0.39, 0.29) is 37.1 Å². The summed E-state index contributed by atoms with van der Waals surface area (Å²) in [5.41, 5.74) is 5.53. The highest BCUT2D eigenvalue weighted by atomic mass is 35.5. The van der Waals surface area contributed by atoms with Crippen molar-refractivity contribution in [1.82, 2.24) is 4.90 Å². The fourth-order valence-corrected chi connectivity index (χ4v) is 6.91. The molecule has 1 aliphatic carbocycles. The predicted molar refractivity (Wildman–Crippen MR) is 175 cm³/mol. The normalized spacial score (nSPS) is 16.2. The van der Waals surface area contributed by atoms with Crippen LogP contribution in [0.2, 0.25) is 10.0 Å². The fraction of sp³-hybridized carbons (Fsp3) is 0.417. The van der Waals surface area contributed by atoms with Gasteiger partial charge in [0.1, 0.15) is 5.75 Å². The first-order chi connectivity index (χ1) is 20.8. The number of unbranched alkanes of at least 4 members (excludes halogenated alkanes) is 1. The monoisotopic (exact) mass is 637 g/mol. The van der Waals surface area contributed by atoms with Crippen LogP contribution in [-0.4, -0.2) is 34.9 Å². The summed E-state index contributed by atoms with van der Waals surface area (Å²) in [5, 5.41) is 9.93. The Hall–Kier alpha value is -3.35. The molecule has 1 amide bonds. The second-order valence-corrected chi connectivity index (χ2v) is 13.4. The number of esters is 1. The summed E-state index contributed by atoms with van der Waals surface area (Å²) >= 11 is 12.5. The third-order valence-electron chi connectivity index (χ3n) is 8.63. The zero-order chi connectivity index (χ0) is 32.2. The number of halogens is 2. The molecule has 0 bridgehead atoms. The molecular weight excluding hydrogens is 597 g/mol. The van der Waals surface area contributed by atoms with Gasteiger partial charge in [0, 0.05) is 43.2 Å². The van der Waals surface area contributed by atoms with Crippen LogP contribution in [-0.2, 0) is 19.8 Å². The van der Waals surface area contributed by atoms with Gasteiger partial charge in [-0.2, -0.15) is 0 Å². The first-order valence-corrected chi connectivity index (χ1v) is 15.9. The predicted octanol–water partition coefficient (Wildman–Crippen LogP) is 8.95. The molecule has 8 heteroatoms. The molecule has 1 N–H and O–H groups in total. The van der Waals surface area contributed by atoms with Crippen molar-refractivity contribution in [1.29, 1.82) is 0 Å². The van der Waals surface area contributed by atoms with Gasteiger partial charge in [0.2, 0.25) is 5.91 Å². The van der Waals surface area contributed by atoms with Crippen LogP contribution < -0.4 is 4.74 Å². The number of amides is 1. The maximum atomic E-state index is 14.0. The zero-order valence-corrected chi connectivity index (χ0v) is 27.6. The Labute approximate surface area is 270 Å². The standard InChI is InChI=1S/C36H41Cl2NO5/c1-22-18-23(2)35(31(19-22)44-34(43)13-9-8-12-33(41)42)36(3,4)21-32(40)39(5)30-17-15-25(26-10-6-7-11-27(26)30)24-14-16-28(37)29(38)20-24/h6-7,10-11,14,16,18-20,25,30H,8-9,12-13,15,17,21H2,1-5H3,(H,41,42)/t25-,30-/m0/s1. The lowest BCUT2D eigenvalue weighted by Gasteiger charge is -2.38. The third kappa shape index (κ3) is 7.83. The summed E-state index contributed by atoms with van der Waals surface area (Å²) in [4.78, 5) is 39.3. The molecular formula is C36H41Cl2NO5. The van der Waals surface area contributed by atoms with E-state index in [1.165, 1.54) is 5.56 Å². The topological polar surface area (TPSA) is 83.9 Å². The number of aliphatic carboxylic acids is 1. The number of aryl methyl sites for hydroxylation is 2. The molecule has 0 saturated heterocycles. The van der Waals surface area contributed by atoms with E-state index >= 15 is 0 Å². The van der Waals surface area contributed by atoms with Crippen molar-refractivity contribution in [2.45, 2.75) is 90.0 Å². The molecule has 0 spiro atoms.